The maximum absolute atomic E-state index is 15.1. The molecule has 28 heavy (non-hydrogen) atoms. The predicted octanol–water partition coefficient (Wildman–Crippen LogP) is 2.39. The molecule has 2 heterocycles. The Labute approximate surface area is 159 Å². The van der Waals surface area contributed by atoms with Crippen LogP contribution in [0.3, 0.4) is 0 Å². The van der Waals surface area contributed by atoms with Crippen LogP contribution in [0.4, 0.5) is 10.1 Å². The van der Waals surface area contributed by atoms with Crippen LogP contribution in [-0.2, 0) is 4.84 Å². The maximum Gasteiger partial charge on any atom is 0.341 e. The number of carboxylic acid groups (broad SMARTS) is 1. The number of methoxy groups -OCH3 is 1. The number of aromatic nitrogens is 1. The van der Waals surface area contributed by atoms with Gasteiger partial charge in [-0.15, -0.1) is 0 Å². The summed E-state index contributed by atoms with van der Waals surface area (Å²) >= 11 is 0. The van der Waals surface area contributed by atoms with Gasteiger partial charge in [0.25, 0.3) is 0 Å². The first-order valence-corrected chi connectivity index (χ1v) is 8.98. The second-order valence-corrected chi connectivity index (χ2v) is 6.96. The first kappa shape index (κ1) is 18.3. The molecule has 1 aliphatic heterocycles. The first-order valence-electron chi connectivity index (χ1n) is 8.98. The third-order valence-electron chi connectivity index (χ3n) is 5.15. The van der Waals surface area contributed by atoms with Gasteiger partial charge < -0.3 is 24.1 Å². The van der Waals surface area contributed by atoms with Gasteiger partial charge in [0.2, 0.25) is 5.43 Å². The second-order valence-electron chi connectivity index (χ2n) is 6.96. The number of ether oxygens (including phenoxy) is 1. The molecular weight excluding hydrogens is 369 g/mol. The molecule has 9 heteroatoms. The smallest absolute Gasteiger partial charge is 0.341 e. The van der Waals surface area contributed by atoms with Gasteiger partial charge in [-0.2, -0.15) is 0 Å². The van der Waals surface area contributed by atoms with E-state index < -0.39 is 17.2 Å². The topological polar surface area (TPSA) is 93.4 Å². The third-order valence-corrected chi connectivity index (χ3v) is 5.15. The number of carboxylic acids is 1. The largest absolute Gasteiger partial charge is 0.492 e. The molecule has 0 atom stereocenters. The standard InChI is InChI=1S/C19H20FN3O5/c1-27-18-15-12(17(24)13(19(25)26)9-23(15)11-3-4-11)7-14(20)16(18)22-6-5-10(8-22)21-28-2/h7,9,11H,3-6,8H2,1-2H3,(H,25,26)/b21-10-. The number of carbonyl (C=O) groups is 1. The number of pyridine rings is 1. The van der Waals surface area contributed by atoms with Crippen molar-refractivity contribution in [1.82, 2.24) is 4.57 Å². The monoisotopic (exact) mass is 389 g/mol. The summed E-state index contributed by atoms with van der Waals surface area (Å²) in [6.45, 7) is 0.912. The maximum atomic E-state index is 15.1. The van der Waals surface area contributed by atoms with Gasteiger partial charge in [0.1, 0.15) is 18.4 Å². The van der Waals surface area contributed by atoms with Gasteiger partial charge in [0, 0.05) is 25.2 Å². The number of halogens is 1. The first-order chi connectivity index (χ1) is 13.5. The van der Waals surface area contributed by atoms with E-state index in [0.717, 1.165) is 24.6 Å². The minimum absolute atomic E-state index is 0.00915. The molecule has 1 aromatic heterocycles. The van der Waals surface area contributed by atoms with E-state index in [1.807, 2.05) is 0 Å². The summed E-state index contributed by atoms with van der Waals surface area (Å²) in [5.74, 6) is -1.73. The van der Waals surface area contributed by atoms with Gasteiger partial charge in [0.15, 0.2) is 11.6 Å². The van der Waals surface area contributed by atoms with Crippen LogP contribution in [-0.4, -0.2) is 48.7 Å². The van der Waals surface area contributed by atoms with E-state index in [4.69, 9.17) is 9.57 Å². The highest BCUT2D eigenvalue weighted by Gasteiger charge is 2.32. The van der Waals surface area contributed by atoms with Crippen molar-refractivity contribution in [3.8, 4) is 5.75 Å². The molecule has 1 aromatic carbocycles. The van der Waals surface area contributed by atoms with Gasteiger partial charge in [-0.05, 0) is 18.9 Å². The van der Waals surface area contributed by atoms with Gasteiger partial charge in [-0.25, -0.2) is 9.18 Å². The molecule has 0 unspecified atom stereocenters. The van der Waals surface area contributed by atoms with Crippen LogP contribution < -0.4 is 15.1 Å². The molecule has 4 rings (SSSR count). The molecule has 0 amide bonds. The average Bonchev–Trinajstić information content (AvgIpc) is 3.40. The number of benzene rings is 1. The Balaban J connectivity index is 1.99. The number of nitrogens with zero attached hydrogens (tertiary/aromatic N) is 3. The van der Waals surface area contributed by atoms with E-state index in [1.54, 1.807) is 9.47 Å². The summed E-state index contributed by atoms with van der Waals surface area (Å²) in [5.41, 5.74) is 0.363. The van der Waals surface area contributed by atoms with Crippen molar-refractivity contribution < 1.29 is 23.9 Å². The van der Waals surface area contributed by atoms with Crippen LogP contribution in [0, 0.1) is 5.82 Å². The molecule has 148 valence electrons. The van der Waals surface area contributed by atoms with Crippen LogP contribution in [0.2, 0.25) is 0 Å². The second kappa shape index (κ2) is 6.81. The number of hydrogen-bond donors (Lipinski definition) is 1. The molecule has 1 saturated carbocycles. The van der Waals surface area contributed by atoms with Crippen LogP contribution in [0.5, 0.6) is 5.75 Å². The predicted molar refractivity (Wildman–Crippen MR) is 101 cm³/mol. The van der Waals surface area contributed by atoms with Gasteiger partial charge in [-0.1, -0.05) is 5.16 Å². The van der Waals surface area contributed by atoms with E-state index in [1.165, 1.54) is 20.4 Å². The highest BCUT2D eigenvalue weighted by atomic mass is 19.1. The normalized spacial score (nSPS) is 18.1. The fourth-order valence-corrected chi connectivity index (χ4v) is 3.76. The Morgan fingerprint density at radius 1 is 1.36 bits per heavy atom. The summed E-state index contributed by atoms with van der Waals surface area (Å²) in [5, 5.41) is 13.3. The fourth-order valence-electron chi connectivity index (χ4n) is 3.76. The number of oxime groups is 1. The van der Waals surface area contributed by atoms with Crippen molar-refractivity contribution in [3.63, 3.8) is 0 Å². The van der Waals surface area contributed by atoms with E-state index in [-0.39, 0.29) is 28.4 Å². The number of aromatic carboxylic acids is 1. The minimum Gasteiger partial charge on any atom is -0.492 e. The molecule has 1 N–H and O–H groups in total. The summed E-state index contributed by atoms with van der Waals surface area (Å²) in [7, 11) is 2.88. The lowest BCUT2D eigenvalue weighted by Crippen LogP contribution is -2.24. The zero-order valence-corrected chi connectivity index (χ0v) is 15.6. The highest BCUT2D eigenvalue weighted by molar-refractivity contribution is 5.99. The molecule has 2 aliphatic rings. The van der Waals surface area contributed by atoms with E-state index in [2.05, 4.69) is 5.16 Å². The van der Waals surface area contributed by atoms with Crippen molar-refractivity contribution >= 4 is 28.3 Å². The molecule has 0 radical (unpaired) electrons. The Morgan fingerprint density at radius 2 is 2.11 bits per heavy atom. The average molecular weight is 389 g/mol. The summed E-state index contributed by atoms with van der Waals surface area (Å²) in [4.78, 5) is 30.8. The van der Waals surface area contributed by atoms with Crippen LogP contribution in [0.15, 0.2) is 22.2 Å². The Kier molecular flexibility index (Phi) is 4.44. The zero-order chi connectivity index (χ0) is 20.0. The molecule has 8 nitrogen and oxygen atoms in total. The van der Waals surface area contributed by atoms with Gasteiger partial charge >= 0.3 is 5.97 Å². The van der Waals surface area contributed by atoms with Crippen molar-refractivity contribution in [2.45, 2.75) is 25.3 Å². The Bertz CT molecular complexity index is 1060. The van der Waals surface area contributed by atoms with Gasteiger partial charge in [-0.3, -0.25) is 4.79 Å². The zero-order valence-electron chi connectivity index (χ0n) is 15.6. The van der Waals surface area contributed by atoms with Crippen LogP contribution in [0.25, 0.3) is 10.9 Å². The van der Waals surface area contributed by atoms with Crippen molar-refractivity contribution in [2.24, 2.45) is 5.16 Å². The Morgan fingerprint density at radius 3 is 2.71 bits per heavy atom. The molecule has 2 aromatic rings. The molecule has 0 bridgehead atoms. The van der Waals surface area contributed by atoms with Crippen molar-refractivity contribution in [3.05, 3.63) is 33.9 Å². The van der Waals surface area contributed by atoms with E-state index in [9.17, 15) is 14.7 Å². The summed E-state index contributed by atoms with van der Waals surface area (Å²) in [6, 6.07) is 1.18. The molecule has 1 saturated heterocycles. The van der Waals surface area contributed by atoms with Gasteiger partial charge in [0.05, 0.1) is 30.3 Å². The number of hydrogen-bond acceptors (Lipinski definition) is 6. The molecule has 1 aliphatic carbocycles. The van der Waals surface area contributed by atoms with E-state index >= 15 is 4.39 Å². The molecular formula is C19H20FN3O5. The summed E-state index contributed by atoms with van der Waals surface area (Å²) in [6.07, 6.45) is 3.70. The third kappa shape index (κ3) is 2.87. The lowest BCUT2D eigenvalue weighted by molar-refractivity contribution is 0.0695. The van der Waals surface area contributed by atoms with Crippen molar-refractivity contribution in [1.29, 1.82) is 0 Å². The number of rotatable bonds is 5. The fraction of sp³-hybridized carbons (Fsp3) is 0.421. The lowest BCUT2D eigenvalue weighted by Gasteiger charge is -2.24. The van der Waals surface area contributed by atoms with Crippen LogP contribution >= 0.6 is 0 Å². The molecule has 2 fully saturated rings. The SMILES string of the molecule is CO/N=C1/CCN(c2c(F)cc3c(=O)c(C(=O)O)cn(C4CC4)c3c2OC)C1. The summed E-state index contributed by atoms with van der Waals surface area (Å²) < 4.78 is 22.4. The van der Waals surface area contributed by atoms with Crippen molar-refractivity contribution in [2.75, 3.05) is 32.2 Å². The number of anilines is 1. The van der Waals surface area contributed by atoms with E-state index in [0.29, 0.717) is 25.0 Å². The molecule has 0 spiro atoms. The lowest BCUT2D eigenvalue weighted by atomic mass is 10.1. The Hall–Kier alpha value is -3.10. The quantitative estimate of drug-likeness (QED) is 0.790. The minimum atomic E-state index is -1.33. The number of fused-ring (bicyclic) bond motifs is 1. The highest BCUT2D eigenvalue weighted by Crippen LogP contribution is 2.44. The van der Waals surface area contributed by atoms with Crippen LogP contribution in [0.1, 0.15) is 35.7 Å².